The lowest BCUT2D eigenvalue weighted by atomic mass is 10.2. The van der Waals surface area contributed by atoms with Crippen LogP contribution >= 0.6 is 11.6 Å². The van der Waals surface area contributed by atoms with Gasteiger partial charge >= 0.3 is 0 Å². The summed E-state index contributed by atoms with van der Waals surface area (Å²) >= 11 is 6.16. The Bertz CT molecular complexity index is 409. The van der Waals surface area contributed by atoms with Crippen molar-refractivity contribution in [3.8, 4) is 18.1 Å². The molecule has 0 aliphatic heterocycles. The number of hydrogen-bond donors (Lipinski definition) is 1. The van der Waals surface area contributed by atoms with Crippen LogP contribution in [0.5, 0.6) is 5.75 Å². The molecule has 1 N–H and O–H groups in total. The Morgan fingerprint density at radius 2 is 2.22 bits per heavy atom. The minimum atomic E-state index is 0.462. The highest BCUT2D eigenvalue weighted by Gasteiger charge is 2.03. The summed E-state index contributed by atoms with van der Waals surface area (Å²) in [5.74, 6) is 3.31. The van der Waals surface area contributed by atoms with E-state index >= 15 is 0 Å². The van der Waals surface area contributed by atoms with Crippen molar-refractivity contribution in [2.24, 2.45) is 0 Å². The maximum Gasteiger partial charge on any atom is 0.137 e. The van der Waals surface area contributed by atoms with Gasteiger partial charge in [0, 0.05) is 19.0 Å². The van der Waals surface area contributed by atoms with Crippen molar-refractivity contribution in [2.75, 3.05) is 6.61 Å². The summed E-state index contributed by atoms with van der Waals surface area (Å²) in [7, 11) is 0. The zero-order chi connectivity index (χ0) is 13.4. The summed E-state index contributed by atoms with van der Waals surface area (Å²) in [6.45, 7) is 5.65. The molecule has 0 fully saturated rings. The van der Waals surface area contributed by atoms with Crippen LogP contribution in [-0.2, 0) is 6.54 Å². The number of unbranched alkanes of at least 4 members (excludes halogenated alkanes) is 1. The summed E-state index contributed by atoms with van der Waals surface area (Å²) in [4.78, 5) is 0. The van der Waals surface area contributed by atoms with Crippen molar-refractivity contribution in [3.05, 3.63) is 28.8 Å². The maximum atomic E-state index is 6.16. The first-order chi connectivity index (χ1) is 8.63. The van der Waals surface area contributed by atoms with Crippen molar-refractivity contribution in [2.45, 2.75) is 39.3 Å². The molecule has 1 rings (SSSR count). The Balaban J connectivity index is 2.49. The molecule has 0 unspecified atom stereocenters. The number of ether oxygens (including phenoxy) is 1. The molecule has 0 heterocycles. The molecule has 0 spiro atoms. The second-order valence-corrected chi connectivity index (χ2v) is 4.86. The number of benzene rings is 1. The van der Waals surface area contributed by atoms with E-state index in [1.807, 2.05) is 18.2 Å². The van der Waals surface area contributed by atoms with Gasteiger partial charge in [0.2, 0.25) is 0 Å². The van der Waals surface area contributed by atoms with Crippen LogP contribution in [0.1, 0.15) is 32.3 Å². The van der Waals surface area contributed by atoms with Gasteiger partial charge < -0.3 is 10.1 Å². The van der Waals surface area contributed by atoms with Gasteiger partial charge in [-0.1, -0.05) is 31.5 Å². The van der Waals surface area contributed by atoms with E-state index in [1.54, 1.807) is 0 Å². The second kappa shape index (κ2) is 8.02. The molecule has 3 heteroatoms. The van der Waals surface area contributed by atoms with Crippen molar-refractivity contribution in [3.63, 3.8) is 0 Å². The van der Waals surface area contributed by atoms with Gasteiger partial charge in [-0.25, -0.2) is 0 Å². The van der Waals surface area contributed by atoms with E-state index in [-0.39, 0.29) is 0 Å². The Morgan fingerprint density at radius 1 is 1.44 bits per heavy atom. The van der Waals surface area contributed by atoms with Crippen LogP contribution in [0, 0.1) is 12.3 Å². The lowest BCUT2D eigenvalue weighted by Gasteiger charge is -2.11. The molecule has 0 bridgehead atoms. The van der Waals surface area contributed by atoms with Crippen LogP contribution in [0.4, 0.5) is 0 Å². The van der Waals surface area contributed by atoms with Crippen LogP contribution < -0.4 is 10.1 Å². The summed E-state index contributed by atoms with van der Waals surface area (Å²) in [6.07, 6.45) is 6.76. The van der Waals surface area contributed by atoms with E-state index in [1.165, 1.54) is 0 Å². The van der Waals surface area contributed by atoms with Gasteiger partial charge in [-0.3, -0.25) is 0 Å². The van der Waals surface area contributed by atoms with E-state index in [0.29, 0.717) is 17.7 Å². The molecule has 0 aromatic heterocycles. The van der Waals surface area contributed by atoms with Gasteiger partial charge in [0.25, 0.3) is 0 Å². The largest absolute Gasteiger partial charge is 0.492 e. The fourth-order valence-corrected chi connectivity index (χ4v) is 1.71. The fraction of sp³-hybridized carbons (Fsp3) is 0.467. The van der Waals surface area contributed by atoms with E-state index in [2.05, 4.69) is 25.1 Å². The van der Waals surface area contributed by atoms with E-state index < -0.39 is 0 Å². The summed E-state index contributed by atoms with van der Waals surface area (Å²) in [5.41, 5.74) is 1.16. The lowest BCUT2D eigenvalue weighted by Crippen LogP contribution is -2.21. The Hall–Kier alpha value is -1.17. The molecule has 0 aliphatic rings. The lowest BCUT2D eigenvalue weighted by molar-refractivity contribution is 0.313. The van der Waals surface area contributed by atoms with Crippen LogP contribution in [0.2, 0.25) is 5.02 Å². The topological polar surface area (TPSA) is 21.3 Å². The average molecular weight is 266 g/mol. The van der Waals surface area contributed by atoms with Gasteiger partial charge in [0.05, 0.1) is 11.6 Å². The number of halogens is 1. The molecule has 18 heavy (non-hydrogen) atoms. The average Bonchev–Trinajstić information content (AvgIpc) is 2.34. The molecule has 0 saturated carbocycles. The second-order valence-electron chi connectivity index (χ2n) is 4.46. The maximum absolute atomic E-state index is 6.16. The molecule has 2 nitrogen and oxygen atoms in total. The predicted octanol–water partition coefficient (Wildman–Crippen LogP) is 3.63. The highest BCUT2D eigenvalue weighted by atomic mass is 35.5. The van der Waals surface area contributed by atoms with Gasteiger partial charge in [0.15, 0.2) is 0 Å². The zero-order valence-electron chi connectivity index (χ0n) is 11.0. The number of nitrogens with one attached hydrogen (secondary N) is 1. The molecular formula is C15H20ClNO. The van der Waals surface area contributed by atoms with Crippen molar-refractivity contribution in [1.29, 1.82) is 0 Å². The van der Waals surface area contributed by atoms with E-state index in [9.17, 15) is 0 Å². The third-order valence-corrected chi connectivity index (χ3v) is 2.73. The van der Waals surface area contributed by atoms with Crippen LogP contribution in [0.15, 0.2) is 18.2 Å². The molecule has 0 radical (unpaired) electrons. The minimum absolute atomic E-state index is 0.462. The Morgan fingerprint density at radius 3 is 2.83 bits per heavy atom. The van der Waals surface area contributed by atoms with Crippen LogP contribution in [-0.4, -0.2) is 12.6 Å². The van der Waals surface area contributed by atoms with E-state index in [4.69, 9.17) is 22.8 Å². The van der Waals surface area contributed by atoms with E-state index in [0.717, 1.165) is 30.7 Å². The molecule has 0 saturated heterocycles. The summed E-state index contributed by atoms with van der Waals surface area (Å²) in [5, 5.41) is 4.00. The molecule has 1 aromatic rings. The molecule has 1 aromatic carbocycles. The number of terminal acetylenes is 1. The quantitative estimate of drug-likeness (QED) is 0.600. The fourth-order valence-electron chi connectivity index (χ4n) is 1.45. The standard InChI is InChI=1S/C15H20ClNO/c1-4-5-6-9-18-15-8-7-13(10-14(15)16)11-17-12(2)3/h1,7-8,10,12,17H,5-6,9,11H2,2-3H3. The SMILES string of the molecule is C#CCCCOc1ccc(CNC(C)C)cc1Cl. The summed E-state index contributed by atoms with van der Waals surface area (Å²) < 4.78 is 5.57. The predicted molar refractivity (Wildman–Crippen MR) is 77.0 cm³/mol. The molecular weight excluding hydrogens is 246 g/mol. The first-order valence-electron chi connectivity index (χ1n) is 6.21. The highest BCUT2D eigenvalue weighted by Crippen LogP contribution is 2.25. The van der Waals surface area contributed by atoms with Gasteiger partial charge in [-0.15, -0.1) is 12.3 Å². The Kier molecular flexibility index (Phi) is 6.64. The molecule has 98 valence electrons. The van der Waals surface area contributed by atoms with Crippen LogP contribution in [0.3, 0.4) is 0 Å². The van der Waals surface area contributed by atoms with Gasteiger partial charge in [-0.2, -0.15) is 0 Å². The number of hydrogen-bond acceptors (Lipinski definition) is 2. The van der Waals surface area contributed by atoms with Crippen molar-refractivity contribution in [1.82, 2.24) is 5.32 Å². The summed E-state index contributed by atoms with van der Waals surface area (Å²) in [6, 6.07) is 6.34. The number of rotatable bonds is 7. The highest BCUT2D eigenvalue weighted by molar-refractivity contribution is 6.32. The monoisotopic (exact) mass is 265 g/mol. The molecule has 0 atom stereocenters. The van der Waals surface area contributed by atoms with Gasteiger partial charge in [0.1, 0.15) is 5.75 Å². The van der Waals surface area contributed by atoms with Crippen molar-refractivity contribution >= 4 is 11.6 Å². The molecule has 0 amide bonds. The molecule has 0 aliphatic carbocycles. The first-order valence-corrected chi connectivity index (χ1v) is 6.59. The first kappa shape index (κ1) is 14.9. The van der Waals surface area contributed by atoms with Gasteiger partial charge in [-0.05, 0) is 24.1 Å². The Labute approximate surface area is 115 Å². The van der Waals surface area contributed by atoms with Crippen molar-refractivity contribution < 1.29 is 4.74 Å². The minimum Gasteiger partial charge on any atom is -0.492 e. The third-order valence-electron chi connectivity index (χ3n) is 2.43. The zero-order valence-corrected chi connectivity index (χ0v) is 11.8. The normalized spacial score (nSPS) is 10.4. The smallest absolute Gasteiger partial charge is 0.137 e. The third kappa shape index (κ3) is 5.44. The van der Waals surface area contributed by atoms with Crippen LogP contribution in [0.25, 0.3) is 0 Å².